The van der Waals surface area contributed by atoms with Crippen LogP contribution in [0.2, 0.25) is 0 Å². The zero-order valence-electron chi connectivity index (χ0n) is 15.7. The van der Waals surface area contributed by atoms with Gasteiger partial charge in [0.1, 0.15) is 11.5 Å². The number of rotatable bonds is 7. The molecule has 0 saturated heterocycles. The topological polar surface area (TPSA) is 65.4 Å². The number of benzene rings is 2. The lowest BCUT2D eigenvalue weighted by molar-refractivity contribution is 0.102. The van der Waals surface area contributed by atoms with Crippen LogP contribution in [0.4, 0.5) is 5.69 Å². The average Bonchev–Trinajstić information content (AvgIpc) is 3.11. The van der Waals surface area contributed by atoms with Crippen LogP contribution >= 0.6 is 0 Å². The molecule has 0 aliphatic heterocycles. The van der Waals surface area contributed by atoms with Crippen molar-refractivity contribution >= 4 is 11.6 Å². The molecule has 1 aromatic heterocycles. The smallest absolute Gasteiger partial charge is 0.259 e. The number of amides is 1. The molecule has 0 spiro atoms. The zero-order valence-corrected chi connectivity index (χ0v) is 15.7. The van der Waals surface area contributed by atoms with Gasteiger partial charge in [0, 0.05) is 23.9 Å². The first-order valence-corrected chi connectivity index (χ1v) is 8.77. The van der Waals surface area contributed by atoms with E-state index in [9.17, 15) is 4.79 Å². The third-order valence-corrected chi connectivity index (χ3v) is 4.31. The normalized spacial score (nSPS) is 10.5. The van der Waals surface area contributed by atoms with Crippen LogP contribution in [0.3, 0.4) is 0 Å². The molecule has 140 valence electrons. The highest BCUT2D eigenvalue weighted by Crippen LogP contribution is 2.26. The Hall–Kier alpha value is -3.28. The number of carbonyl (C=O) groups is 1. The maximum absolute atomic E-state index is 12.8. The highest BCUT2D eigenvalue weighted by molar-refractivity contribution is 6.05. The SMILES string of the molecule is CCc1c(C(=O)Nc2cc(OC)cc(OC)c2)cnn1Cc1ccccc1. The van der Waals surface area contributed by atoms with Gasteiger partial charge in [0.25, 0.3) is 5.91 Å². The van der Waals surface area contributed by atoms with Crippen molar-refractivity contribution in [1.29, 1.82) is 0 Å². The van der Waals surface area contributed by atoms with Gasteiger partial charge in [-0.15, -0.1) is 0 Å². The largest absolute Gasteiger partial charge is 0.497 e. The summed E-state index contributed by atoms with van der Waals surface area (Å²) in [7, 11) is 3.15. The van der Waals surface area contributed by atoms with E-state index in [1.807, 2.05) is 41.9 Å². The molecule has 6 nitrogen and oxygen atoms in total. The summed E-state index contributed by atoms with van der Waals surface area (Å²) in [6.07, 6.45) is 2.32. The van der Waals surface area contributed by atoms with Gasteiger partial charge in [-0.3, -0.25) is 9.48 Å². The summed E-state index contributed by atoms with van der Waals surface area (Å²) in [6, 6.07) is 15.3. The summed E-state index contributed by atoms with van der Waals surface area (Å²) in [4.78, 5) is 12.8. The van der Waals surface area contributed by atoms with Crippen LogP contribution in [0.15, 0.2) is 54.7 Å². The van der Waals surface area contributed by atoms with Gasteiger partial charge in [-0.1, -0.05) is 37.3 Å². The molecule has 1 heterocycles. The molecule has 0 aliphatic carbocycles. The van der Waals surface area contributed by atoms with Crippen LogP contribution in [0.5, 0.6) is 11.5 Å². The molecule has 0 unspecified atom stereocenters. The summed E-state index contributed by atoms with van der Waals surface area (Å²) >= 11 is 0. The van der Waals surface area contributed by atoms with Gasteiger partial charge in [0.05, 0.1) is 38.2 Å². The first-order chi connectivity index (χ1) is 13.1. The molecule has 3 aromatic rings. The Balaban J connectivity index is 1.83. The number of nitrogens with one attached hydrogen (secondary N) is 1. The summed E-state index contributed by atoms with van der Waals surface area (Å²) in [5, 5.41) is 7.33. The van der Waals surface area contributed by atoms with Crippen LogP contribution in [0.25, 0.3) is 0 Å². The van der Waals surface area contributed by atoms with Crippen molar-refractivity contribution in [3.8, 4) is 11.5 Å². The van der Waals surface area contributed by atoms with Gasteiger partial charge in [-0.2, -0.15) is 5.10 Å². The summed E-state index contributed by atoms with van der Waals surface area (Å²) in [5.41, 5.74) is 3.20. The van der Waals surface area contributed by atoms with E-state index in [4.69, 9.17) is 9.47 Å². The monoisotopic (exact) mass is 365 g/mol. The van der Waals surface area contributed by atoms with Crippen molar-refractivity contribution in [3.05, 3.63) is 71.5 Å². The van der Waals surface area contributed by atoms with Crippen molar-refractivity contribution < 1.29 is 14.3 Å². The molecule has 2 aromatic carbocycles. The van der Waals surface area contributed by atoms with E-state index in [0.29, 0.717) is 35.7 Å². The molecule has 6 heteroatoms. The number of carbonyl (C=O) groups excluding carboxylic acids is 1. The highest BCUT2D eigenvalue weighted by atomic mass is 16.5. The van der Waals surface area contributed by atoms with Gasteiger partial charge >= 0.3 is 0 Å². The summed E-state index contributed by atoms with van der Waals surface area (Å²) in [5.74, 6) is 1.02. The van der Waals surface area contributed by atoms with Gasteiger partial charge in [-0.25, -0.2) is 0 Å². The molecule has 0 radical (unpaired) electrons. The molecule has 27 heavy (non-hydrogen) atoms. The van der Waals surface area contributed by atoms with Crippen molar-refractivity contribution in [3.63, 3.8) is 0 Å². The summed E-state index contributed by atoms with van der Waals surface area (Å²) < 4.78 is 12.4. The van der Waals surface area contributed by atoms with Gasteiger partial charge < -0.3 is 14.8 Å². The van der Waals surface area contributed by atoms with Crippen LogP contribution in [-0.2, 0) is 13.0 Å². The summed E-state index contributed by atoms with van der Waals surface area (Å²) in [6.45, 7) is 2.65. The van der Waals surface area contributed by atoms with Gasteiger partial charge in [0.15, 0.2) is 0 Å². The number of anilines is 1. The lowest BCUT2D eigenvalue weighted by atomic mass is 10.1. The number of hydrogen-bond donors (Lipinski definition) is 1. The van der Waals surface area contributed by atoms with Crippen molar-refractivity contribution in [2.75, 3.05) is 19.5 Å². The number of methoxy groups -OCH3 is 2. The number of aromatic nitrogens is 2. The Bertz CT molecular complexity index is 897. The lowest BCUT2D eigenvalue weighted by Gasteiger charge is -2.11. The molecular formula is C21H23N3O3. The predicted octanol–water partition coefficient (Wildman–Crippen LogP) is 3.76. The molecule has 0 aliphatic rings. The second kappa shape index (κ2) is 8.40. The predicted molar refractivity (Wildman–Crippen MR) is 105 cm³/mol. The molecule has 1 amide bonds. The number of nitrogens with zero attached hydrogens (tertiary/aromatic N) is 2. The minimum absolute atomic E-state index is 0.207. The van der Waals surface area contributed by atoms with Crippen LogP contribution in [0.1, 0.15) is 28.5 Å². The van der Waals surface area contributed by atoms with Gasteiger partial charge in [0.2, 0.25) is 0 Å². The maximum atomic E-state index is 12.8. The maximum Gasteiger partial charge on any atom is 0.259 e. The number of ether oxygens (including phenoxy) is 2. The number of hydrogen-bond acceptors (Lipinski definition) is 4. The van der Waals surface area contributed by atoms with Crippen LogP contribution in [-0.4, -0.2) is 29.9 Å². The second-order valence-corrected chi connectivity index (χ2v) is 6.06. The third kappa shape index (κ3) is 4.28. The molecule has 0 saturated carbocycles. The standard InChI is InChI=1S/C21H23N3O3/c1-4-20-19(13-22-24(20)14-15-8-6-5-7-9-15)21(25)23-16-10-17(26-2)12-18(11-16)27-3/h5-13H,4,14H2,1-3H3,(H,23,25). The van der Waals surface area contributed by atoms with E-state index in [2.05, 4.69) is 10.4 Å². The Morgan fingerprint density at radius 3 is 2.33 bits per heavy atom. The van der Waals surface area contributed by atoms with Crippen molar-refractivity contribution in [2.45, 2.75) is 19.9 Å². The second-order valence-electron chi connectivity index (χ2n) is 6.06. The first-order valence-electron chi connectivity index (χ1n) is 8.77. The van der Waals surface area contributed by atoms with E-state index >= 15 is 0 Å². The van der Waals surface area contributed by atoms with Crippen molar-refractivity contribution in [2.24, 2.45) is 0 Å². The highest BCUT2D eigenvalue weighted by Gasteiger charge is 2.17. The van der Waals surface area contributed by atoms with E-state index in [0.717, 1.165) is 11.3 Å². The first kappa shape index (κ1) is 18.5. The van der Waals surface area contributed by atoms with Crippen LogP contribution in [0, 0.1) is 0 Å². The minimum atomic E-state index is -0.207. The Kier molecular flexibility index (Phi) is 5.76. The molecule has 3 rings (SSSR count). The van der Waals surface area contributed by atoms with E-state index < -0.39 is 0 Å². The van der Waals surface area contributed by atoms with Crippen LogP contribution < -0.4 is 14.8 Å². The fourth-order valence-electron chi connectivity index (χ4n) is 2.94. The quantitative estimate of drug-likeness (QED) is 0.692. The minimum Gasteiger partial charge on any atom is -0.497 e. The Labute approximate surface area is 158 Å². The van der Waals surface area contributed by atoms with Gasteiger partial charge in [-0.05, 0) is 12.0 Å². The third-order valence-electron chi connectivity index (χ3n) is 4.31. The molecule has 0 bridgehead atoms. The molecule has 0 fully saturated rings. The molecule has 0 atom stereocenters. The molecule has 1 N–H and O–H groups in total. The van der Waals surface area contributed by atoms with E-state index in [1.165, 1.54) is 0 Å². The Morgan fingerprint density at radius 1 is 1.07 bits per heavy atom. The fraction of sp³-hybridized carbons (Fsp3) is 0.238. The van der Waals surface area contributed by atoms with E-state index in [-0.39, 0.29) is 5.91 Å². The average molecular weight is 365 g/mol. The zero-order chi connectivity index (χ0) is 19.2. The Morgan fingerprint density at radius 2 is 1.74 bits per heavy atom. The van der Waals surface area contributed by atoms with E-state index in [1.54, 1.807) is 38.6 Å². The lowest BCUT2D eigenvalue weighted by Crippen LogP contribution is -2.15. The fourth-order valence-corrected chi connectivity index (χ4v) is 2.94. The molecular weight excluding hydrogens is 342 g/mol. The van der Waals surface area contributed by atoms with Crippen molar-refractivity contribution in [1.82, 2.24) is 9.78 Å².